The van der Waals surface area contributed by atoms with Crippen molar-refractivity contribution in [2.24, 2.45) is 7.05 Å². The minimum atomic E-state index is -0.531. The molecule has 11 nitrogen and oxygen atoms in total. The van der Waals surface area contributed by atoms with Gasteiger partial charge in [0.25, 0.3) is 5.69 Å². The van der Waals surface area contributed by atoms with Gasteiger partial charge in [0, 0.05) is 30.6 Å². The Morgan fingerprint density at radius 1 is 1.09 bits per heavy atom. The molecule has 0 saturated heterocycles. The zero-order valence-corrected chi connectivity index (χ0v) is 18.1. The predicted octanol–water partition coefficient (Wildman–Crippen LogP) is 2.64. The van der Waals surface area contributed by atoms with Crippen LogP contribution in [-0.2, 0) is 23.1 Å². The zero-order valence-electron chi connectivity index (χ0n) is 17.3. The van der Waals surface area contributed by atoms with Crippen molar-refractivity contribution < 1.29 is 19.2 Å². The fraction of sp³-hybridized carbons (Fsp3) is 0.200. The third kappa shape index (κ3) is 6.04. The van der Waals surface area contributed by atoms with Crippen molar-refractivity contribution in [1.29, 1.82) is 0 Å². The second-order valence-corrected chi connectivity index (χ2v) is 7.50. The highest BCUT2D eigenvalue weighted by Crippen LogP contribution is 2.20. The van der Waals surface area contributed by atoms with Gasteiger partial charge in [-0.15, -0.1) is 10.2 Å². The summed E-state index contributed by atoms with van der Waals surface area (Å²) in [5.41, 5.74) is 0.852. The molecule has 0 aliphatic rings. The molecule has 0 fully saturated rings. The lowest BCUT2D eigenvalue weighted by atomic mass is 10.3. The molecule has 12 heteroatoms. The number of hydrogen-bond donors (Lipinski definition) is 2. The van der Waals surface area contributed by atoms with Crippen LogP contribution in [0.4, 0.5) is 17.1 Å². The van der Waals surface area contributed by atoms with Crippen LogP contribution >= 0.6 is 11.8 Å². The van der Waals surface area contributed by atoms with E-state index in [2.05, 4.69) is 20.8 Å². The van der Waals surface area contributed by atoms with Gasteiger partial charge in [-0.2, -0.15) is 0 Å². The quantitative estimate of drug-likeness (QED) is 0.284. The van der Waals surface area contributed by atoms with Crippen LogP contribution in [0.5, 0.6) is 5.75 Å². The van der Waals surface area contributed by atoms with Crippen molar-refractivity contribution in [2.45, 2.75) is 11.6 Å². The lowest BCUT2D eigenvalue weighted by Crippen LogP contribution is -2.17. The van der Waals surface area contributed by atoms with Crippen molar-refractivity contribution in [2.75, 3.05) is 23.5 Å². The van der Waals surface area contributed by atoms with Gasteiger partial charge in [0.15, 0.2) is 5.16 Å². The number of nitro groups is 1. The molecule has 0 unspecified atom stereocenters. The van der Waals surface area contributed by atoms with E-state index in [4.69, 9.17) is 4.74 Å². The molecule has 0 atom stereocenters. The number of rotatable bonds is 9. The number of anilines is 2. The van der Waals surface area contributed by atoms with Crippen molar-refractivity contribution in [1.82, 2.24) is 14.8 Å². The Hall–Kier alpha value is -3.93. The molecular formula is C20H20N6O5S. The molecule has 2 N–H and O–H groups in total. The number of carbonyl (C=O) groups excluding carboxylic acids is 2. The number of methoxy groups -OCH3 is 1. The Morgan fingerprint density at radius 3 is 2.50 bits per heavy atom. The Balaban J connectivity index is 1.52. The van der Waals surface area contributed by atoms with E-state index in [9.17, 15) is 19.7 Å². The van der Waals surface area contributed by atoms with Gasteiger partial charge in [-0.25, -0.2) is 0 Å². The summed E-state index contributed by atoms with van der Waals surface area (Å²) >= 11 is 1.14. The van der Waals surface area contributed by atoms with E-state index in [0.29, 0.717) is 28.1 Å². The van der Waals surface area contributed by atoms with E-state index < -0.39 is 4.92 Å². The van der Waals surface area contributed by atoms with Crippen LogP contribution in [0.3, 0.4) is 0 Å². The number of amides is 2. The van der Waals surface area contributed by atoms with Crippen molar-refractivity contribution in [3.05, 3.63) is 64.5 Å². The first kappa shape index (κ1) is 22.7. The van der Waals surface area contributed by atoms with Gasteiger partial charge in [-0.05, 0) is 30.3 Å². The lowest BCUT2D eigenvalue weighted by Gasteiger charge is -2.07. The van der Waals surface area contributed by atoms with E-state index >= 15 is 0 Å². The summed E-state index contributed by atoms with van der Waals surface area (Å²) in [7, 11) is 3.27. The van der Waals surface area contributed by atoms with E-state index in [1.165, 1.54) is 18.2 Å². The van der Waals surface area contributed by atoms with E-state index in [1.54, 1.807) is 49.1 Å². The Bertz CT molecular complexity index is 1130. The van der Waals surface area contributed by atoms with Gasteiger partial charge in [0.1, 0.15) is 11.6 Å². The summed E-state index contributed by atoms with van der Waals surface area (Å²) in [4.78, 5) is 34.8. The molecule has 2 aromatic carbocycles. The normalized spacial score (nSPS) is 10.4. The lowest BCUT2D eigenvalue weighted by molar-refractivity contribution is -0.384. The largest absolute Gasteiger partial charge is 0.497 e. The standard InChI is InChI=1S/C20H20N6O5S/c1-25-17(11-18(27)21-13-6-8-16(31-2)9-7-13)23-24-20(25)32-12-19(28)22-14-4-3-5-15(10-14)26(29)30/h3-10H,11-12H2,1-2H3,(H,21,27)(H,22,28). The molecule has 1 heterocycles. The number of benzene rings is 2. The Labute approximate surface area is 187 Å². The van der Waals surface area contributed by atoms with Crippen LogP contribution < -0.4 is 15.4 Å². The van der Waals surface area contributed by atoms with Crippen LogP contribution in [0.25, 0.3) is 0 Å². The molecule has 32 heavy (non-hydrogen) atoms. The molecule has 1 aromatic heterocycles. The monoisotopic (exact) mass is 456 g/mol. The second-order valence-electron chi connectivity index (χ2n) is 6.56. The minimum absolute atomic E-state index is 0.00989. The summed E-state index contributed by atoms with van der Waals surface area (Å²) < 4.78 is 6.72. The SMILES string of the molecule is COc1ccc(NC(=O)Cc2nnc(SCC(=O)Nc3cccc([N+](=O)[O-])c3)n2C)cc1. The topological polar surface area (TPSA) is 141 Å². The number of nitrogens with zero attached hydrogens (tertiary/aromatic N) is 4. The first-order valence-electron chi connectivity index (χ1n) is 9.35. The first-order valence-corrected chi connectivity index (χ1v) is 10.3. The third-order valence-corrected chi connectivity index (χ3v) is 5.31. The highest BCUT2D eigenvalue weighted by molar-refractivity contribution is 7.99. The smallest absolute Gasteiger partial charge is 0.271 e. The second kappa shape index (κ2) is 10.4. The fourth-order valence-corrected chi connectivity index (χ4v) is 3.40. The summed E-state index contributed by atoms with van der Waals surface area (Å²) in [6, 6.07) is 12.6. The molecule has 0 aliphatic heterocycles. The molecule has 0 spiro atoms. The Kier molecular flexibility index (Phi) is 7.39. The number of aromatic nitrogens is 3. The maximum Gasteiger partial charge on any atom is 0.271 e. The highest BCUT2D eigenvalue weighted by Gasteiger charge is 2.15. The van der Waals surface area contributed by atoms with Crippen LogP contribution in [0, 0.1) is 10.1 Å². The van der Waals surface area contributed by atoms with E-state index in [0.717, 1.165) is 11.8 Å². The number of non-ortho nitro benzene ring substituents is 1. The van der Waals surface area contributed by atoms with E-state index in [-0.39, 0.29) is 29.7 Å². The molecule has 2 amide bonds. The average Bonchev–Trinajstić information content (AvgIpc) is 3.12. The molecular weight excluding hydrogens is 436 g/mol. The number of thioether (sulfide) groups is 1. The predicted molar refractivity (Wildman–Crippen MR) is 119 cm³/mol. The van der Waals surface area contributed by atoms with Gasteiger partial charge in [-0.3, -0.25) is 19.7 Å². The van der Waals surface area contributed by atoms with Crippen LogP contribution in [0.1, 0.15) is 5.82 Å². The average molecular weight is 456 g/mol. The summed E-state index contributed by atoms with van der Waals surface area (Å²) in [6.07, 6.45) is 0.00989. The van der Waals surface area contributed by atoms with Gasteiger partial charge >= 0.3 is 0 Å². The third-order valence-electron chi connectivity index (χ3n) is 4.29. The zero-order chi connectivity index (χ0) is 23.1. The van der Waals surface area contributed by atoms with Crippen molar-refractivity contribution in [3.63, 3.8) is 0 Å². The van der Waals surface area contributed by atoms with Crippen molar-refractivity contribution in [3.8, 4) is 5.75 Å². The Morgan fingerprint density at radius 2 is 1.81 bits per heavy atom. The number of carbonyl (C=O) groups is 2. The van der Waals surface area contributed by atoms with Crippen LogP contribution in [0.2, 0.25) is 0 Å². The maximum atomic E-state index is 12.3. The van der Waals surface area contributed by atoms with Crippen LogP contribution in [0.15, 0.2) is 53.7 Å². The number of hydrogen-bond acceptors (Lipinski definition) is 8. The maximum absolute atomic E-state index is 12.3. The van der Waals surface area contributed by atoms with Crippen LogP contribution in [-0.4, -0.2) is 44.4 Å². The minimum Gasteiger partial charge on any atom is -0.497 e. The van der Waals surface area contributed by atoms with Gasteiger partial charge < -0.3 is 19.9 Å². The van der Waals surface area contributed by atoms with Gasteiger partial charge in [0.2, 0.25) is 11.8 Å². The number of nitro benzene ring substituents is 1. The number of nitrogens with one attached hydrogen (secondary N) is 2. The summed E-state index contributed by atoms with van der Waals surface area (Å²) in [5, 5.41) is 24.7. The van der Waals surface area contributed by atoms with Gasteiger partial charge in [-0.1, -0.05) is 17.8 Å². The summed E-state index contributed by atoms with van der Waals surface area (Å²) in [5.74, 6) is 0.542. The number of ether oxygens (including phenoxy) is 1. The molecule has 3 rings (SSSR count). The summed E-state index contributed by atoms with van der Waals surface area (Å²) in [6.45, 7) is 0. The molecule has 0 aliphatic carbocycles. The molecule has 0 saturated carbocycles. The fourth-order valence-electron chi connectivity index (χ4n) is 2.67. The highest BCUT2D eigenvalue weighted by atomic mass is 32.2. The van der Waals surface area contributed by atoms with Crippen molar-refractivity contribution >= 4 is 40.6 Å². The molecule has 166 valence electrons. The molecule has 3 aromatic rings. The molecule has 0 radical (unpaired) electrons. The molecule has 0 bridgehead atoms. The first-order chi connectivity index (χ1) is 15.4. The van der Waals surface area contributed by atoms with E-state index in [1.807, 2.05) is 0 Å². The van der Waals surface area contributed by atoms with Gasteiger partial charge in [0.05, 0.1) is 24.2 Å².